The Kier molecular flexibility index (Phi) is 8.96. The van der Waals surface area contributed by atoms with Gasteiger partial charge in [0.05, 0.1) is 0 Å². The number of benzene rings is 13. The molecule has 0 radical (unpaired) electrons. The summed E-state index contributed by atoms with van der Waals surface area (Å²) < 4.78 is 0. The SMILES string of the molecule is c1ccc(-c2ccc(-c3cccc4c3ccc3c4c4ccc5c(-c6ccc(-c7ccccc7)cc6)cccc5c4c4ccc5c(-c6ccc(-c7ccccc7)cc6)cccc5c34)cc2)cc1. The molecule has 0 bridgehead atoms. The maximum absolute atomic E-state index is 2.40. The summed E-state index contributed by atoms with van der Waals surface area (Å²) in [6, 6.07) is 94.0. The summed E-state index contributed by atoms with van der Waals surface area (Å²) in [4.78, 5) is 0. The van der Waals surface area contributed by atoms with Crippen molar-refractivity contribution in [3.05, 3.63) is 255 Å². The fourth-order valence-electron chi connectivity index (χ4n) is 10.7. The number of hydrogen-bond donors (Lipinski definition) is 0. The molecule has 0 aliphatic rings. The molecule has 0 fully saturated rings. The summed E-state index contributed by atoms with van der Waals surface area (Å²) in [6.45, 7) is 0. The Labute approximate surface area is 384 Å². The van der Waals surface area contributed by atoms with Gasteiger partial charge in [-0.05, 0) is 131 Å². The topological polar surface area (TPSA) is 0 Å². The quantitative estimate of drug-likeness (QED) is 0.146. The lowest BCUT2D eigenvalue weighted by Crippen LogP contribution is -1.91. The van der Waals surface area contributed by atoms with Crippen molar-refractivity contribution in [2.45, 2.75) is 0 Å². The highest BCUT2D eigenvalue weighted by atomic mass is 14.2. The first-order valence-electron chi connectivity index (χ1n) is 22.9. The summed E-state index contributed by atoms with van der Waals surface area (Å²) in [5, 5.41) is 15.3. The van der Waals surface area contributed by atoms with Crippen LogP contribution in [0.4, 0.5) is 0 Å². The van der Waals surface area contributed by atoms with Crippen molar-refractivity contribution in [2.24, 2.45) is 0 Å². The van der Waals surface area contributed by atoms with Crippen molar-refractivity contribution < 1.29 is 0 Å². The molecule has 0 nitrogen and oxygen atoms in total. The Balaban J connectivity index is 1.07. The Morgan fingerprint density at radius 3 is 0.621 bits per heavy atom. The lowest BCUT2D eigenvalue weighted by atomic mass is 9.84. The molecule has 13 rings (SSSR count). The van der Waals surface area contributed by atoms with Crippen LogP contribution >= 0.6 is 0 Å². The van der Waals surface area contributed by atoms with Crippen molar-refractivity contribution in [3.63, 3.8) is 0 Å². The van der Waals surface area contributed by atoms with Crippen LogP contribution in [0.5, 0.6) is 0 Å². The van der Waals surface area contributed by atoms with Crippen molar-refractivity contribution in [1.82, 2.24) is 0 Å². The molecular formula is C66H42. The van der Waals surface area contributed by atoms with Crippen molar-refractivity contribution in [1.29, 1.82) is 0 Å². The van der Waals surface area contributed by atoms with E-state index >= 15 is 0 Å². The first-order valence-corrected chi connectivity index (χ1v) is 22.9. The lowest BCUT2D eigenvalue weighted by Gasteiger charge is -2.19. The van der Waals surface area contributed by atoms with E-state index in [0.29, 0.717) is 0 Å². The molecule has 0 saturated carbocycles. The number of rotatable bonds is 6. The van der Waals surface area contributed by atoms with E-state index in [9.17, 15) is 0 Å². The molecule has 13 aromatic carbocycles. The molecule has 66 heavy (non-hydrogen) atoms. The van der Waals surface area contributed by atoms with Crippen molar-refractivity contribution in [2.75, 3.05) is 0 Å². The predicted octanol–water partition coefficient (Wildman–Crippen LogP) is 18.6. The van der Waals surface area contributed by atoms with Crippen LogP contribution in [0.3, 0.4) is 0 Å². The van der Waals surface area contributed by atoms with E-state index < -0.39 is 0 Å². The standard InChI is InChI=1S/C66H42/c1-4-13-43(14-5-1)46-25-31-49(32-26-46)52-19-10-22-58-55(52)37-40-61-64(58)62-41-38-56-53(50-33-27-47(28-34-50)44-15-6-2-7-16-44)21-12-24-60(56)66(62)63-42-39-57-54(20-11-23-59(57)65(61)63)51-35-29-48(30-36-51)45-17-8-3-9-18-45/h1-42H. The van der Waals surface area contributed by atoms with Gasteiger partial charge in [0, 0.05) is 0 Å². The van der Waals surface area contributed by atoms with Gasteiger partial charge in [-0.25, -0.2) is 0 Å². The molecule has 0 unspecified atom stereocenters. The van der Waals surface area contributed by atoms with Gasteiger partial charge in [-0.1, -0.05) is 255 Å². The molecule has 0 spiro atoms. The van der Waals surface area contributed by atoms with E-state index in [0.717, 1.165) is 0 Å². The minimum absolute atomic E-state index is 1.21. The van der Waals surface area contributed by atoms with Crippen LogP contribution in [-0.2, 0) is 0 Å². The van der Waals surface area contributed by atoms with Gasteiger partial charge in [0.1, 0.15) is 0 Å². The first kappa shape index (κ1) is 37.9. The third-order valence-electron chi connectivity index (χ3n) is 13.9. The molecule has 0 amide bonds. The molecule has 0 N–H and O–H groups in total. The fraction of sp³-hybridized carbons (Fsp3) is 0. The minimum atomic E-state index is 1.21. The second-order valence-corrected chi connectivity index (χ2v) is 17.5. The Bertz CT molecular complexity index is 3510. The molecule has 0 aromatic heterocycles. The molecule has 306 valence electrons. The highest BCUT2D eigenvalue weighted by Crippen LogP contribution is 2.47. The average molecular weight is 835 g/mol. The largest absolute Gasteiger partial charge is 0.0622 e. The zero-order chi connectivity index (χ0) is 43.6. The summed E-state index contributed by atoms with van der Waals surface area (Å²) in [5.74, 6) is 0. The van der Waals surface area contributed by atoms with Gasteiger partial charge in [-0.3, -0.25) is 0 Å². The van der Waals surface area contributed by atoms with Crippen LogP contribution in [0.25, 0.3) is 131 Å². The molecule has 0 aliphatic carbocycles. The van der Waals surface area contributed by atoms with Crippen LogP contribution in [0.15, 0.2) is 255 Å². The van der Waals surface area contributed by atoms with E-state index in [1.54, 1.807) is 0 Å². The molecule has 0 heterocycles. The molecule has 0 heteroatoms. The normalized spacial score (nSPS) is 11.6. The number of hydrogen-bond acceptors (Lipinski definition) is 0. The van der Waals surface area contributed by atoms with E-state index in [-0.39, 0.29) is 0 Å². The molecule has 0 aliphatic heterocycles. The second kappa shape index (κ2) is 15.6. The lowest BCUT2D eigenvalue weighted by molar-refractivity contribution is 1.60. The van der Waals surface area contributed by atoms with E-state index in [2.05, 4.69) is 255 Å². The first-order chi connectivity index (χ1) is 32.7. The highest BCUT2D eigenvalue weighted by molar-refractivity contribution is 6.40. The Morgan fingerprint density at radius 1 is 0.121 bits per heavy atom. The van der Waals surface area contributed by atoms with E-state index in [1.165, 1.54) is 131 Å². The van der Waals surface area contributed by atoms with Gasteiger partial charge in [-0.15, -0.1) is 0 Å². The van der Waals surface area contributed by atoms with Crippen molar-refractivity contribution in [3.8, 4) is 66.8 Å². The van der Waals surface area contributed by atoms with E-state index in [1.807, 2.05) is 0 Å². The van der Waals surface area contributed by atoms with Crippen LogP contribution in [0.2, 0.25) is 0 Å². The average Bonchev–Trinajstić information content (AvgIpc) is 3.40. The van der Waals surface area contributed by atoms with Crippen LogP contribution in [-0.4, -0.2) is 0 Å². The fourth-order valence-corrected chi connectivity index (χ4v) is 10.7. The molecule has 13 aromatic rings. The van der Waals surface area contributed by atoms with Gasteiger partial charge in [0.2, 0.25) is 0 Å². The van der Waals surface area contributed by atoms with Gasteiger partial charge < -0.3 is 0 Å². The molecular weight excluding hydrogens is 793 g/mol. The monoisotopic (exact) mass is 834 g/mol. The zero-order valence-corrected chi connectivity index (χ0v) is 36.2. The summed E-state index contributed by atoms with van der Waals surface area (Å²) in [5.41, 5.74) is 14.7. The van der Waals surface area contributed by atoms with Gasteiger partial charge >= 0.3 is 0 Å². The Hall–Kier alpha value is -8.58. The third kappa shape index (κ3) is 6.22. The van der Waals surface area contributed by atoms with Gasteiger partial charge in [-0.2, -0.15) is 0 Å². The van der Waals surface area contributed by atoms with Crippen molar-refractivity contribution >= 4 is 64.6 Å². The maximum atomic E-state index is 2.40. The minimum Gasteiger partial charge on any atom is -0.0622 e. The maximum Gasteiger partial charge on any atom is -0.00197 e. The van der Waals surface area contributed by atoms with E-state index in [4.69, 9.17) is 0 Å². The molecule has 0 saturated heterocycles. The zero-order valence-electron chi connectivity index (χ0n) is 36.2. The summed E-state index contributed by atoms with van der Waals surface area (Å²) in [6.07, 6.45) is 0. The third-order valence-corrected chi connectivity index (χ3v) is 13.9. The van der Waals surface area contributed by atoms with Crippen LogP contribution in [0, 0.1) is 0 Å². The molecule has 0 atom stereocenters. The highest BCUT2D eigenvalue weighted by Gasteiger charge is 2.19. The van der Waals surface area contributed by atoms with Crippen LogP contribution < -0.4 is 0 Å². The Morgan fingerprint density at radius 2 is 0.348 bits per heavy atom. The van der Waals surface area contributed by atoms with Crippen LogP contribution in [0.1, 0.15) is 0 Å². The second-order valence-electron chi connectivity index (χ2n) is 17.5. The predicted molar refractivity (Wildman–Crippen MR) is 284 cm³/mol. The smallest absolute Gasteiger partial charge is 0.00197 e. The summed E-state index contributed by atoms with van der Waals surface area (Å²) >= 11 is 0. The number of fused-ring (bicyclic) bond motifs is 12. The van der Waals surface area contributed by atoms with Gasteiger partial charge in [0.15, 0.2) is 0 Å². The summed E-state index contributed by atoms with van der Waals surface area (Å²) in [7, 11) is 0. The van der Waals surface area contributed by atoms with Gasteiger partial charge in [0.25, 0.3) is 0 Å².